The Morgan fingerprint density at radius 3 is 2.35 bits per heavy atom. The van der Waals surface area contributed by atoms with Gasteiger partial charge in [0.05, 0.1) is 16.1 Å². The lowest BCUT2D eigenvalue weighted by Crippen LogP contribution is -2.51. The number of anilines is 2. The van der Waals surface area contributed by atoms with Crippen LogP contribution >= 0.6 is 0 Å². The van der Waals surface area contributed by atoms with E-state index in [-0.39, 0.29) is 18.3 Å². The molecule has 0 aromatic heterocycles. The van der Waals surface area contributed by atoms with E-state index in [1.54, 1.807) is 12.1 Å². The van der Waals surface area contributed by atoms with Gasteiger partial charge in [0.25, 0.3) is 0 Å². The fourth-order valence-corrected chi connectivity index (χ4v) is 6.88. The van der Waals surface area contributed by atoms with E-state index in [1.165, 1.54) is 12.8 Å². The van der Waals surface area contributed by atoms with E-state index in [2.05, 4.69) is 6.92 Å². The van der Waals surface area contributed by atoms with Gasteiger partial charge in [0.1, 0.15) is 6.54 Å². The summed E-state index contributed by atoms with van der Waals surface area (Å²) in [4.78, 5) is 16.9. The maximum atomic E-state index is 13.2. The van der Waals surface area contributed by atoms with Gasteiger partial charge in [-0.3, -0.25) is 4.79 Å². The zero-order chi connectivity index (χ0) is 26.8. The van der Waals surface area contributed by atoms with Crippen molar-refractivity contribution in [3.8, 4) is 0 Å². The first-order chi connectivity index (χ1) is 17.5. The monoisotopic (exact) mass is 524 g/mol. The van der Waals surface area contributed by atoms with E-state index in [4.69, 9.17) is 4.74 Å². The first-order valence-corrected chi connectivity index (χ1v) is 15.0. The topological polar surface area (TPSA) is 66.9 Å². The predicted molar refractivity (Wildman–Crippen MR) is 151 cm³/mol. The number of sulfone groups is 1. The zero-order valence-corrected chi connectivity index (χ0v) is 23.6. The Morgan fingerprint density at radius 1 is 1.00 bits per heavy atom. The molecule has 1 unspecified atom stereocenters. The maximum Gasteiger partial charge on any atom is 0.328 e. The third kappa shape index (κ3) is 5.15. The molecule has 0 saturated carbocycles. The lowest BCUT2D eigenvalue weighted by Gasteiger charge is -2.38. The molecular formula is C30H40N2O4S. The summed E-state index contributed by atoms with van der Waals surface area (Å²) in [6.07, 6.45) is 10.2. The third-order valence-electron chi connectivity index (χ3n) is 7.82. The molecule has 0 spiro atoms. The Morgan fingerprint density at radius 2 is 1.68 bits per heavy atom. The van der Waals surface area contributed by atoms with Crippen LogP contribution in [-0.2, 0) is 24.8 Å². The van der Waals surface area contributed by atoms with Crippen molar-refractivity contribution in [2.45, 2.75) is 75.3 Å². The number of hydrogen-bond acceptors (Lipinski definition) is 6. The molecule has 37 heavy (non-hydrogen) atoms. The second-order valence-corrected chi connectivity index (χ2v) is 13.1. The highest BCUT2D eigenvalue weighted by Gasteiger charge is 2.62. The van der Waals surface area contributed by atoms with Gasteiger partial charge in [-0.05, 0) is 67.8 Å². The molecule has 2 aliphatic heterocycles. The summed E-state index contributed by atoms with van der Waals surface area (Å²) < 4.78 is 32.4. The SMILES string of the molecule is CCCCCCCCS(=O)(=O)c1ccc2c(c1)C(C)(C)C1(C=Cc3ccc(N(C)C)cc3)OC(=O)CN21. The predicted octanol–water partition coefficient (Wildman–Crippen LogP) is 5.95. The summed E-state index contributed by atoms with van der Waals surface area (Å²) >= 11 is 0. The highest BCUT2D eigenvalue weighted by molar-refractivity contribution is 7.91. The quantitative estimate of drug-likeness (QED) is 0.267. The molecule has 0 amide bonds. The number of fused-ring (bicyclic) bond motifs is 3. The van der Waals surface area contributed by atoms with Gasteiger partial charge in [0, 0.05) is 25.5 Å². The van der Waals surface area contributed by atoms with E-state index < -0.39 is 21.0 Å². The molecule has 1 atom stereocenters. The summed E-state index contributed by atoms with van der Waals surface area (Å²) in [6.45, 7) is 6.35. The Balaban J connectivity index is 1.60. The number of unbranched alkanes of at least 4 members (excludes halogenated alkanes) is 5. The largest absolute Gasteiger partial charge is 0.433 e. The minimum absolute atomic E-state index is 0.129. The fourth-order valence-electron chi connectivity index (χ4n) is 5.49. The second-order valence-electron chi connectivity index (χ2n) is 11.0. The average Bonchev–Trinajstić information content (AvgIpc) is 3.29. The van der Waals surface area contributed by atoms with Gasteiger partial charge < -0.3 is 14.5 Å². The summed E-state index contributed by atoms with van der Waals surface area (Å²) in [5.41, 5.74) is 2.16. The molecular weight excluding hydrogens is 484 g/mol. The standard InChI is InChI=1S/C30H40N2O4S/c1-6-7-8-9-10-11-20-37(34,35)25-16-17-27-26(21-25)29(2,3)30(32(27)22-28(33)36-30)19-18-23-12-14-24(15-13-23)31(4)5/h12-19,21H,6-11,20,22H2,1-5H3. The Bertz CT molecular complexity index is 1260. The molecule has 0 radical (unpaired) electrons. The van der Waals surface area contributed by atoms with Crippen LogP contribution in [0.5, 0.6) is 0 Å². The Kier molecular flexibility index (Phi) is 7.75. The highest BCUT2D eigenvalue weighted by Crippen LogP contribution is 2.55. The van der Waals surface area contributed by atoms with Gasteiger partial charge in [-0.25, -0.2) is 8.42 Å². The summed E-state index contributed by atoms with van der Waals surface area (Å²) in [6, 6.07) is 13.5. The van der Waals surface area contributed by atoms with Crippen molar-refractivity contribution in [3.63, 3.8) is 0 Å². The molecule has 1 fully saturated rings. The third-order valence-corrected chi connectivity index (χ3v) is 9.62. The smallest absolute Gasteiger partial charge is 0.328 e. The Hall–Kier alpha value is -2.80. The fraction of sp³-hybridized carbons (Fsp3) is 0.500. The summed E-state index contributed by atoms with van der Waals surface area (Å²) in [7, 11) is 0.606. The lowest BCUT2D eigenvalue weighted by atomic mass is 9.77. The van der Waals surface area contributed by atoms with Crippen LogP contribution in [0.3, 0.4) is 0 Å². The number of rotatable bonds is 11. The first kappa shape index (κ1) is 27.2. The summed E-state index contributed by atoms with van der Waals surface area (Å²) in [5.74, 6) is -0.128. The van der Waals surface area contributed by atoms with E-state index in [0.717, 1.165) is 41.8 Å². The van der Waals surface area contributed by atoms with E-state index in [0.29, 0.717) is 11.3 Å². The number of esters is 1. The van der Waals surface area contributed by atoms with Crippen LogP contribution in [0.15, 0.2) is 53.4 Å². The maximum absolute atomic E-state index is 13.2. The first-order valence-electron chi connectivity index (χ1n) is 13.4. The molecule has 4 rings (SSSR count). The number of benzene rings is 2. The molecule has 0 N–H and O–H groups in total. The van der Waals surface area contributed by atoms with Crippen LogP contribution in [0, 0.1) is 0 Å². The molecule has 2 aromatic rings. The molecule has 0 bridgehead atoms. The van der Waals surface area contributed by atoms with E-state index in [9.17, 15) is 13.2 Å². The van der Waals surface area contributed by atoms with Gasteiger partial charge in [0.2, 0.25) is 5.72 Å². The van der Waals surface area contributed by atoms with Crippen LogP contribution < -0.4 is 9.80 Å². The number of ether oxygens (including phenoxy) is 1. The van der Waals surface area contributed by atoms with Crippen LogP contribution in [-0.4, -0.2) is 46.5 Å². The van der Waals surface area contributed by atoms with Crippen molar-refractivity contribution >= 4 is 33.3 Å². The minimum Gasteiger partial charge on any atom is -0.433 e. The van der Waals surface area contributed by atoms with Gasteiger partial charge >= 0.3 is 5.97 Å². The van der Waals surface area contributed by atoms with Crippen molar-refractivity contribution in [3.05, 3.63) is 59.7 Å². The second kappa shape index (κ2) is 10.5. The van der Waals surface area contributed by atoms with E-state index in [1.807, 2.05) is 80.2 Å². The molecule has 200 valence electrons. The molecule has 7 heteroatoms. The molecule has 2 aliphatic rings. The molecule has 0 aliphatic carbocycles. The van der Waals surface area contributed by atoms with E-state index >= 15 is 0 Å². The highest BCUT2D eigenvalue weighted by atomic mass is 32.2. The van der Waals surface area contributed by atoms with Crippen molar-refractivity contribution < 1.29 is 17.9 Å². The molecule has 6 nitrogen and oxygen atoms in total. The van der Waals surface area contributed by atoms with Crippen molar-refractivity contribution in [2.24, 2.45) is 0 Å². The van der Waals surface area contributed by atoms with Crippen LogP contribution in [0.25, 0.3) is 6.08 Å². The van der Waals surface area contributed by atoms with Gasteiger partial charge in [-0.15, -0.1) is 0 Å². The van der Waals surface area contributed by atoms with Gasteiger partial charge in [-0.1, -0.05) is 57.2 Å². The normalized spacial score (nSPS) is 20.2. The number of carbonyl (C=O) groups is 1. The minimum atomic E-state index is -3.39. The number of hydrogen-bond donors (Lipinski definition) is 0. The van der Waals surface area contributed by atoms with Crippen LogP contribution in [0.4, 0.5) is 11.4 Å². The number of nitrogens with zero attached hydrogens (tertiary/aromatic N) is 2. The van der Waals surface area contributed by atoms with Gasteiger partial charge in [0.15, 0.2) is 9.84 Å². The van der Waals surface area contributed by atoms with Crippen LogP contribution in [0.1, 0.15) is 70.4 Å². The van der Waals surface area contributed by atoms with Crippen molar-refractivity contribution in [2.75, 3.05) is 36.2 Å². The molecule has 1 saturated heterocycles. The number of carbonyl (C=O) groups excluding carboxylic acids is 1. The van der Waals surface area contributed by atoms with Gasteiger partial charge in [-0.2, -0.15) is 0 Å². The van der Waals surface area contributed by atoms with Crippen molar-refractivity contribution in [1.29, 1.82) is 0 Å². The Labute approximate surface area is 222 Å². The molecule has 2 heterocycles. The van der Waals surface area contributed by atoms with Crippen molar-refractivity contribution in [1.82, 2.24) is 0 Å². The van der Waals surface area contributed by atoms with Crippen LogP contribution in [0.2, 0.25) is 0 Å². The average molecular weight is 525 g/mol. The zero-order valence-electron chi connectivity index (χ0n) is 22.8. The summed E-state index contributed by atoms with van der Waals surface area (Å²) in [5, 5.41) is 0. The lowest BCUT2D eigenvalue weighted by molar-refractivity contribution is -0.147. The molecule has 2 aromatic carbocycles.